The molecule has 0 aromatic heterocycles. The van der Waals surface area contributed by atoms with Crippen LogP contribution < -0.4 is 0 Å². The van der Waals surface area contributed by atoms with E-state index in [1.54, 1.807) is 0 Å². The topological polar surface area (TPSA) is 105 Å². The molecule has 8 heteroatoms. The first kappa shape index (κ1) is 18.9. The lowest BCUT2D eigenvalue weighted by atomic mass is 10.7. The molecule has 0 aromatic carbocycles. The van der Waals surface area contributed by atoms with Crippen molar-refractivity contribution in [3.05, 3.63) is 0 Å². The minimum absolute atomic E-state index is 0.0413. The number of carboxylic acid groups (broad SMARTS) is 1. The Morgan fingerprint density at radius 3 is 1.29 bits per heavy atom. The van der Waals surface area contributed by atoms with Gasteiger partial charge in [0.1, 0.15) is 0 Å². The molecule has 0 heterocycles. The van der Waals surface area contributed by atoms with Crippen molar-refractivity contribution in [2.24, 2.45) is 0 Å². The molecule has 0 rings (SSSR count). The highest BCUT2D eigenvalue weighted by molar-refractivity contribution is 6.60. The van der Waals surface area contributed by atoms with Crippen LogP contribution >= 0.6 is 11.6 Å². The highest BCUT2D eigenvalue weighted by atomic mass is 35.5. The van der Waals surface area contributed by atoms with E-state index in [2.05, 4.69) is 11.6 Å². The number of aliphatic hydroxyl groups is 2. The van der Waals surface area contributed by atoms with E-state index >= 15 is 0 Å². The van der Waals surface area contributed by atoms with E-state index in [4.69, 9.17) is 34.3 Å². The normalized spacial score (nSPS) is 9.59. The summed E-state index contributed by atoms with van der Waals surface area (Å²) in [6.45, 7) is 2.76. The van der Waals surface area contributed by atoms with Crippen LogP contribution in [0.2, 0.25) is 0 Å². The third-order valence-electron chi connectivity index (χ3n) is 1.22. The van der Waals surface area contributed by atoms with E-state index in [-0.39, 0.29) is 13.2 Å². The van der Waals surface area contributed by atoms with Crippen LogP contribution in [0.15, 0.2) is 0 Å². The zero-order valence-electron chi connectivity index (χ0n) is 9.51. The Morgan fingerprint density at radius 2 is 1.06 bits per heavy atom. The maximum atomic E-state index is 8.77. The Kier molecular flexibility index (Phi) is 20.0. The molecular formula is C9H19ClO7. The average molecular weight is 275 g/mol. The predicted molar refractivity (Wildman–Crippen MR) is 60.5 cm³/mol. The van der Waals surface area contributed by atoms with Crippen molar-refractivity contribution in [1.82, 2.24) is 0 Å². The highest BCUT2D eigenvalue weighted by Gasteiger charge is 1.89. The summed E-state index contributed by atoms with van der Waals surface area (Å²) in [7, 11) is 0. The van der Waals surface area contributed by atoms with Crippen LogP contribution in [0.3, 0.4) is 0 Å². The molecule has 0 spiro atoms. The second-order valence-electron chi connectivity index (χ2n) is 2.54. The van der Waals surface area contributed by atoms with Crippen molar-refractivity contribution in [1.29, 1.82) is 0 Å². The Labute approximate surface area is 105 Å². The number of hydrogen-bond acceptors (Lipinski definition) is 6. The monoisotopic (exact) mass is 274 g/mol. The Balaban J connectivity index is 0. The Bertz CT molecular complexity index is 142. The van der Waals surface area contributed by atoms with Gasteiger partial charge < -0.3 is 29.5 Å². The summed E-state index contributed by atoms with van der Waals surface area (Å²) in [6, 6.07) is 0. The van der Waals surface area contributed by atoms with Gasteiger partial charge in [-0.2, -0.15) is 0 Å². The minimum atomic E-state index is -1.36. The van der Waals surface area contributed by atoms with Gasteiger partial charge in [-0.15, -0.1) is 0 Å². The number of halogens is 1. The smallest absolute Gasteiger partial charge is 0.401 e. The molecule has 0 aliphatic rings. The second-order valence-corrected chi connectivity index (χ2v) is 2.86. The molecular weight excluding hydrogens is 256 g/mol. The minimum Gasteiger partial charge on any atom is -0.469 e. The third-order valence-corrected chi connectivity index (χ3v) is 1.22. The van der Waals surface area contributed by atoms with E-state index in [0.717, 1.165) is 0 Å². The number of carbonyl (C=O) groups is 1. The fourth-order valence-electron chi connectivity index (χ4n) is 0.671. The van der Waals surface area contributed by atoms with Crippen molar-refractivity contribution >= 4 is 17.0 Å². The fourth-order valence-corrected chi connectivity index (χ4v) is 0.671. The van der Waals surface area contributed by atoms with Gasteiger partial charge in [-0.3, -0.25) is 0 Å². The zero-order chi connectivity index (χ0) is 13.4. The van der Waals surface area contributed by atoms with Crippen LogP contribution in [0.5, 0.6) is 0 Å². The SMILES string of the molecule is O=C(O)Cl.OCCOCCOCCOCCO. The molecule has 104 valence electrons. The first-order valence-corrected chi connectivity index (χ1v) is 5.36. The molecule has 0 radical (unpaired) electrons. The quantitative estimate of drug-likeness (QED) is 0.378. The van der Waals surface area contributed by atoms with Gasteiger partial charge in [0, 0.05) is 11.6 Å². The maximum absolute atomic E-state index is 8.77. The molecule has 0 fully saturated rings. The second kappa shape index (κ2) is 17.9. The molecule has 17 heavy (non-hydrogen) atoms. The van der Waals surface area contributed by atoms with Gasteiger partial charge in [0.2, 0.25) is 0 Å². The summed E-state index contributed by atoms with van der Waals surface area (Å²) in [6.07, 6.45) is 0. The van der Waals surface area contributed by atoms with Gasteiger partial charge in [-0.25, -0.2) is 4.79 Å². The molecule has 0 saturated carbocycles. The van der Waals surface area contributed by atoms with Gasteiger partial charge in [0.15, 0.2) is 0 Å². The van der Waals surface area contributed by atoms with Crippen molar-refractivity contribution in [2.45, 2.75) is 0 Å². The molecule has 0 atom stereocenters. The van der Waals surface area contributed by atoms with Gasteiger partial charge in [0.05, 0.1) is 52.9 Å². The van der Waals surface area contributed by atoms with E-state index in [0.29, 0.717) is 39.6 Å². The van der Waals surface area contributed by atoms with Crippen molar-refractivity contribution in [3.8, 4) is 0 Å². The molecule has 0 amide bonds. The number of ether oxygens (including phenoxy) is 3. The standard InChI is InChI=1S/C8H18O5.CHClO2/c9-1-3-11-5-7-13-8-6-12-4-2-10;2-1(3)4/h9-10H,1-8H2;(H,3,4). The summed E-state index contributed by atoms with van der Waals surface area (Å²) in [5, 5.41) is 23.9. The van der Waals surface area contributed by atoms with E-state index in [9.17, 15) is 0 Å². The van der Waals surface area contributed by atoms with Gasteiger partial charge in [0.25, 0.3) is 0 Å². The molecule has 3 N–H and O–H groups in total. The van der Waals surface area contributed by atoms with Crippen LogP contribution in [-0.2, 0) is 14.2 Å². The Morgan fingerprint density at radius 1 is 0.824 bits per heavy atom. The summed E-state index contributed by atoms with van der Waals surface area (Å²) < 4.78 is 15.0. The summed E-state index contributed by atoms with van der Waals surface area (Å²) in [4.78, 5) is 8.77. The number of aliphatic hydroxyl groups excluding tert-OH is 2. The van der Waals surface area contributed by atoms with Crippen molar-refractivity contribution in [2.75, 3.05) is 52.9 Å². The first-order chi connectivity index (χ1) is 8.15. The van der Waals surface area contributed by atoms with Gasteiger partial charge in [-0.1, -0.05) is 0 Å². The van der Waals surface area contributed by atoms with Crippen LogP contribution in [0.1, 0.15) is 0 Å². The summed E-state index contributed by atoms with van der Waals surface area (Å²) >= 11 is 4.19. The molecule has 0 unspecified atom stereocenters. The molecule has 7 nitrogen and oxygen atoms in total. The van der Waals surface area contributed by atoms with Crippen molar-refractivity contribution in [3.63, 3.8) is 0 Å². The van der Waals surface area contributed by atoms with E-state index in [1.165, 1.54) is 0 Å². The van der Waals surface area contributed by atoms with Crippen molar-refractivity contribution < 1.29 is 34.3 Å². The molecule has 0 saturated heterocycles. The van der Waals surface area contributed by atoms with Crippen LogP contribution in [-0.4, -0.2) is 73.6 Å². The molecule has 0 bridgehead atoms. The van der Waals surface area contributed by atoms with Gasteiger partial charge in [-0.05, 0) is 0 Å². The maximum Gasteiger partial charge on any atom is 0.401 e. The van der Waals surface area contributed by atoms with Gasteiger partial charge >= 0.3 is 5.43 Å². The van der Waals surface area contributed by atoms with Crippen LogP contribution in [0.25, 0.3) is 0 Å². The largest absolute Gasteiger partial charge is 0.469 e. The predicted octanol–water partition coefficient (Wildman–Crippen LogP) is -0.0760. The van der Waals surface area contributed by atoms with Crippen LogP contribution in [0, 0.1) is 0 Å². The summed E-state index contributed by atoms with van der Waals surface area (Å²) in [5.41, 5.74) is -1.36. The van der Waals surface area contributed by atoms with Crippen LogP contribution in [0.4, 0.5) is 4.79 Å². The van der Waals surface area contributed by atoms with E-state index < -0.39 is 5.43 Å². The lowest BCUT2D eigenvalue weighted by molar-refractivity contribution is 0.00230. The lowest BCUT2D eigenvalue weighted by Gasteiger charge is -2.04. The van der Waals surface area contributed by atoms with E-state index in [1.807, 2.05) is 0 Å². The highest BCUT2D eigenvalue weighted by Crippen LogP contribution is 1.80. The average Bonchev–Trinajstić information content (AvgIpc) is 2.26. The third kappa shape index (κ3) is 31.3. The zero-order valence-corrected chi connectivity index (χ0v) is 10.3. The first-order valence-electron chi connectivity index (χ1n) is 4.98. The molecule has 0 aromatic rings. The molecule has 0 aliphatic heterocycles. The Hall–Kier alpha value is -0.440. The lowest BCUT2D eigenvalue weighted by Crippen LogP contribution is -2.11. The molecule has 0 aliphatic carbocycles. The number of rotatable bonds is 10. The number of hydrogen-bond donors (Lipinski definition) is 3. The summed E-state index contributed by atoms with van der Waals surface area (Å²) in [5.74, 6) is 0. The fraction of sp³-hybridized carbons (Fsp3) is 0.889.